The van der Waals surface area contributed by atoms with Crippen LogP contribution in [0.3, 0.4) is 0 Å². The second kappa shape index (κ2) is 10.1. The van der Waals surface area contributed by atoms with Crippen molar-refractivity contribution in [3.63, 3.8) is 0 Å². The third-order valence-electron chi connectivity index (χ3n) is 0.771. The summed E-state index contributed by atoms with van der Waals surface area (Å²) in [7, 11) is 6.16. The van der Waals surface area contributed by atoms with Crippen LogP contribution in [0.15, 0.2) is 0 Å². The molecule has 0 saturated carbocycles. The van der Waals surface area contributed by atoms with Crippen LogP contribution in [0.1, 0.15) is 0 Å². The normalized spacial score (nSPS) is 8.40. The summed E-state index contributed by atoms with van der Waals surface area (Å²) in [5.74, 6) is 0. The van der Waals surface area contributed by atoms with E-state index in [9.17, 15) is 0 Å². The zero-order valence-electron chi connectivity index (χ0n) is 6.83. The average Bonchev–Trinajstić information content (AvgIpc) is 1.30. The van der Waals surface area contributed by atoms with E-state index in [2.05, 4.69) is 21.1 Å². The van der Waals surface area contributed by atoms with Gasteiger partial charge >= 0.3 is 0 Å². The Morgan fingerprint density at radius 1 is 1.10 bits per heavy atom. The summed E-state index contributed by atoms with van der Waals surface area (Å²) in [6.07, 6.45) is 0. The maximum absolute atomic E-state index is 8.39. The number of aliphatic hydroxyl groups is 1. The Labute approximate surface area is 88.2 Å². The van der Waals surface area contributed by atoms with Gasteiger partial charge < -0.3 is 9.59 Å². The van der Waals surface area contributed by atoms with E-state index in [0.29, 0.717) is 0 Å². The minimum absolute atomic E-state index is 0. The predicted octanol–water partition coefficient (Wildman–Crippen LogP) is 0.526. The van der Waals surface area contributed by atoms with Gasteiger partial charge in [-0.05, 0) is 0 Å². The van der Waals surface area contributed by atoms with E-state index >= 15 is 0 Å². The zero-order valence-corrected chi connectivity index (χ0v) is 11.4. The average molecular weight is 242 g/mol. The van der Waals surface area contributed by atoms with Gasteiger partial charge in [-0.2, -0.15) is 0 Å². The number of rotatable bonds is 2. The molecule has 0 spiro atoms. The molecular weight excluding hydrogens is 226 g/mol. The van der Waals surface area contributed by atoms with Crippen LogP contribution in [0.5, 0.6) is 0 Å². The molecule has 0 atom stereocenters. The summed E-state index contributed by atoms with van der Waals surface area (Å²) in [5.41, 5.74) is 0. The van der Waals surface area contributed by atoms with Gasteiger partial charge in [0.1, 0.15) is 6.54 Å². The largest absolute Gasteiger partial charge is 0.391 e. The molecule has 2 nitrogen and oxygen atoms in total. The van der Waals surface area contributed by atoms with Crippen molar-refractivity contribution < 1.29 is 29.1 Å². The molecule has 0 aliphatic rings. The van der Waals surface area contributed by atoms with Gasteiger partial charge in [0.15, 0.2) is 0 Å². The molecule has 0 aromatic carbocycles. The molecule has 0 amide bonds. The van der Waals surface area contributed by atoms with E-state index in [-0.39, 0.29) is 50.9 Å². The number of hydrogen-bond donors (Lipinski definition) is 1. The topological polar surface area (TPSA) is 20.2 Å². The third kappa shape index (κ3) is 22.9. The quantitative estimate of drug-likeness (QED) is 0.553. The molecule has 0 heterocycles. The number of quaternary nitrogens is 1. The summed E-state index contributed by atoms with van der Waals surface area (Å²) >= 11 is 0. The molecule has 0 unspecified atom stereocenters. The fraction of sp³-hybridized carbons (Fsp3) is 1.00. The van der Waals surface area contributed by atoms with Crippen LogP contribution in [-0.4, -0.2) is 43.9 Å². The molecule has 5 heteroatoms. The van der Waals surface area contributed by atoms with Crippen molar-refractivity contribution in [2.24, 2.45) is 0 Å². The molecule has 0 aromatic rings. The van der Waals surface area contributed by atoms with Crippen LogP contribution in [0, 0.1) is 0 Å². The molecule has 0 bridgehead atoms. The van der Waals surface area contributed by atoms with Crippen molar-refractivity contribution in [1.82, 2.24) is 0 Å². The zero-order chi connectivity index (χ0) is 5.91. The summed E-state index contributed by atoms with van der Waals surface area (Å²) in [5, 5.41) is 8.39. The van der Waals surface area contributed by atoms with Crippen molar-refractivity contribution in [2.75, 3.05) is 34.3 Å². The van der Waals surface area contributed by atoms with Gasteiger partial charge in [0, 0.05) is 19.5 Å². The van der Waals surface area contributed by atoms with Crippen LogP contribution in [0.2, 0.25) is 0 Å². The number of halogens is 2. The van der Waals surface area contributed by atoms with Gasteiger partial charge in [0.25, 0.3) is 0 Å². The predicted molar refractivity (Wildman–Crippen MR) is 44.5 cm³/mol. The first-order valence-corrected chi connectivity index (χ1v) is 2.47. The van der Waals surface area contributed by atoms with Crippen LogP contribution < -0.4 is 0 Å². The van der Waals surface area contributed by atoms with Gasteiger partial charge in [0.05, 0.1) is 27.7 Å². The molecule has 0 fully saturated rings. The SMILES string of the molecule is C[N+](C)(C)CCO.Cl.Cl.[Zn]. The Hall–Kier alpha value is 1.12. The number of hydrogen-bond acceptors (Lipinski definition) is 1. The minimum Gasteiger partial charge on any atom is -0.391 e. The Kier molecular flexibility index (Phi) is 22.7. The molecule has 0 saturated heterocycles. The van der Waals surface area contributed by atoms with Gasteiger partial charge in [-0.1, -0.05) is 0 Å². The Balaban J connectivity index is -0.0000000600. The fourth-order valence-corrected chi connectivity index (χ4v) is 0.300. The fourth-order valence-electron chi connectivity index (χ4n) is 0.300. The van der Waals surface area contributed by atoms with Crippen LogP contribution in [0.4, 0.5) is 0 Å². The van der Waals surface area contributed by atoms with Gasteiger partial charge in [0.2, 0.25) is 0 Å². The van der Waals surface area contributed by atoms with Crippen molar-refractivity contribution in [3.05, 3.63) is 0 Å². The van der Waals surface area contributed by atoms with Crippen molar-refractivity contribution in [3.8, 4) is 0 Å². The summed E-state index contributed by atoms with van der Waals surface area (Å²) in [4.78, 5) is 0. The molecule has 0 aliphatic carbocycles. The van der Waals surface area contributed by atoms with E-state index in [1.165, 1.54) is 0 Å². The van der Waals surface area contributed by atoms with Gasteiger partial charge in [-0.25, -0.2) is 0 Å². The number of likely N-dealkylation sites (N-methyl/N-ethyl adjacent to an activating group) is 1. The second-order valence-electron chi connectivity index (χ2n) is 2.74. The van der Waals surface area contributed by atoms with E-state index in [4.69, 9.17) is 5.11 Å². The summed E-state index contributed by atoms with van der Waals surface area (Å²) < 4.78 is 0.844. The molecule has 0 aromatic heterocycles. The molecule has 0 radical (unpaired) electrons. The Morgan fingerprint density at radius 3 is 1.40 bits per heavy atom. The van der Waals surface area contributed by atoms with Crippen LogP contribution in [0.25, 0.3) is 0 Å². The summed E-state index contributed by atoms with van der Waals surface area (Å²) in [6, 6.07) is 0. The van der Waals surface area contributed by atoms with E-state index in [1.807, 2.05) is 0 Å². The first kappa shape index (κ1) is 22.5. The smallest absolute Gasteiger partial charge is 0.101 e. The van der Waals surface area contributed by atoms with Gasteiger partial charge in [-0.3, -0.25) is 0 Å². The summed E-state index contributed by atoms with van der Waals surface area (Å²) in [6.45, 7) is 1.11. The molecule has 62 valence electrons. The Bertz CT molecular complexity index is 58.1. The van der Waals surface area contributed by atoms with E-state index < -0.39 is 0 Å². The first-order chi connectivity index (χ1) is 3.06. The van der Waals surface area contributed by atoms with Crippen molar-refractivity contribution >= 4 is 24.8 Å². The Morgan fingerprint density at radius 2 is 1.40 bits per heavy atom. The van der Waals surface area contributed by atoms with Crippen molar-refractivity contribution in [1.29, 1.82) is 0 Å². The first-order valence-electron chi connectivity index (χ1n) is 2.47. The maximum Gasteiger partial charge on any atom is 0.101 e. The maximum atomic E-state index is 8.39. The standard InChI is InChI=1S/C5H14NO.2ClH.Zn/c1-6(2,3)4-5-7;;;/h7H,4-5H2,1-3H3;2*1H;/q+1;;;. The van der Waals surface area contributed by atoms with Crippen molar-refractivity contribution in [2.45, 2.75) is 0 Å². The van der Waals surface area contributed by atoms with E-state index in [1.54, 1.807) is 0 Å². The van der Waals surface area contributed by atoms with E-state index in [0.717, 1.165) is 11.0 Å². The molecule has 10 heavy (non-hydrogen) atoms. The molecule has 0 aliphatic heterocycles. The number of aliphatic hydroxyl groups excluding tert-OH is 1. The molecular formula is C5H16Cl2NOZn+. The number of nitrogens with zero attached hydrogens (tertiary/aromatic N) is 1. The monoisotopic (exact) mass is 240 g/mol. The van der Waals surface area contributed by atoms with Gasteiger partial charge in [-0.15, -0.1) is 24.8 Å². The molecule has 1 N–H and O–H groups in total. The minimum atomic E-state index is 0. The van der Waals surface area contributed by atoms with Crippen LogP contribution >= 0.6 is 24.8 Å². The molecule has 0 rings (SSSR count). The third-order valence-corrected chi connectivity index (χ3v) is 0.771. The second-order valence-corrected chi connectivity index (χ2v) is 2.74. The van der Waals surface area contributed by atoms with Crippen LogP contribution in [-0.2, 0) is 19.5 Å².